The number of fused-ring (bicyclic) bond motifs is 4. The summed E-state index contributed by atoms with van der Waals surface area (Å²) < 4.78 is 0. The van der Waals surface area contributed by atoms with Gasteiger partial charge in [0.05, 0.1) is 6.10 Å². The topological polar surface area (TPSA) is 57.5 Å². The molecule has 3 heteroatoms. The number of hydrogen-bond acceptors (Lipinski definition) is 3. The molecule has 3 nitrogen and oxygen atoms in total. The van der Waals surface area contributed by atoms with Gasteiger partial charge in [-0.25, -0.2) is 0 Å². The van der Waals surface area contributed by atoms with Crippen LogP contribution in [0.25, 0.3) is 0 Å². The van der Waals surface area contributed by atoms with Crippen molar-refractivity contribution in [2.45, 2.75) is 115 Å². The van der Waals surface area contributed by atoms with E-state index in [0.29, 0.717) is 18.8 Å². The van der Waals surface area contributed by atoms with E-state index in [2.05, 4.69) is 70.7 Å². The number of carbonyl (C=O) groups excluding carboxylic acids is 1. The number of aliphatic hydroxyl groups is 2. The summed E-state index contributed by atoms with van der Waals surface area (Å²) in [4.78, 5) is 12.3. The van der Waals surface area contributed by atoms with E-state index in [4.69, 9.17) is 0 Å². The van der Waals surface area contributed by atoms with E-state index in [0.717, 1.165) is 44.9 Å². The van der Waals surface area contributed by atoms with E-state index < -0.39 is 17.1 Å². The zero-order valence-electron chi connectivity index (χ0n) is 23.4. The average molecular weight is 501 g/mol. The van der Waals surface area contributed by atoms with Crippen molar-refractivity contribution in [3.05, 3.63) is 58.2 Å². The predicted molar refractivity (Wildman–Crippen MR) is 149 cm³/mol. The zero-order valence-corrected chi connectivity index (χ0v) is 23.4. The molecule has 1 aromatic carbocycles. The molecule has 2 saturated carbocycles. The third kappa shape index (κ3) is 4.35. The molecule has 0 amide bonds. The van der Waals surface area contributed by atoms with Crippen molar-refractivity contribution in [1.29, 1.82) is 0 Å². The number of ketones is 1. The van der Waals surface area contributed by atoms with Crippen LogP contribution in [0.4, 0.5) is 0 Å². The summed E-state index contributed by atoms with van der Waals surface area (Å²) in [6, 6.07) is 9.08. The highest BCUT2D eigenvalue weighted by Gasteiger charge is 2.66. The molecular weight excluding hydrogens is 456 g/mol. The molecule has 0 bridgehead atoms. The SMILES string of the molecule is CCCCC#C[C@@]1(O)[C@H](O)C[C@H]2[C@@H]3CCC4=CC(=O)CCC4=C3[C@@H](c3ccc(C(C)(C)C)cc3)C[C@@]21C. The third-order valence-corrected chi connectivity index (χ3v) is 10.1. The van der Waals surface area contributed by atoms with Crippen molar-refractivity contribution in [2.24, 2.45) is 17.3 Å². The van der Waals surface area contributed by atoms with E-state index in [1.807, 2.05) is 6.08 Å². The van der Waals surface area contributed by atoms with Crippen molar-refractivity contribution >= 4 is 5.78 Å². The van der Waals surface area contributed by atoms with E-state index in [1.165, 1.54) is 27.8 Å². The first-order valence-corrected chi connectivity index (χ1v) is 14.5. The second-order valence-electron chi connectivity index (χ2n) is 13.3. The lowest BCUT2D eigenvalue weighted by molar-refractivity contribution is -0.114. The van der Waals surface area contributed by atoms with Gasteiger partial charge in [-0.2, -0.15) is 0 Å². The van der Waals surface area contributed by atoms with Gasteiger partial charge in [0.1, 0.15) is 0 Å². The van der Waals surface area contributed by atoms with E-state index in [9.17, 15) is 15.0 Å². The van der Waals surface area contributed by atoms with Crippen LogP contribution in [-0.2, 0) is 10.2 Å². The molecule has 2 fully saturated rings. The maximum atomic E-state index is 12.3. The fourth-order valence-corrected chi connectivity index (χ4v) is 7.88. The molecule has 0 aromatic heterocycles. The van der Waals surface area contributed by atoms with Crippen LogP contribution in [0.2, 0.25) is 0 Å². The largest absolute Gasteiger partial charge is 0.389 e. The van der Waals surface area contributed by atoms with Crippen LogP contribution in [0.5, 0.6) is 0 Å². The van der Waals surface area contributed by atoms with Gasteiger partial charge in [-0.05, 0) is 84.1 Å². The van der Waals surface area contributed by atoms with Gasteiger partial charge in [0, 0.05) is 24.2 Å². The fraction of sp³-hybridized carbons (Fsp3) is 0.618. The summed E-state index contributed by atoms with van der Waals surface area (Å²) in [6.07, 6.45) is 8.53. The smallest absolute Gasteiger partial charge is 0.156 e. The molecule has 198 valence electrons. The van der Waals surface area contributed by atoms with Crippen LogP contribution in [0.3, 0.4) is 0 Å². The first-order chi connectivity index (χ1) is 17.5. The van der Waals surface area contributed by atoms with Crippen molar-refractivity contribution in [3.63, 3.8) is 0 Å². The number of allylic oxidation sites excluding steroid dienone is 4. The van der Waals surface area contributed by atoms with Crippen LogP contribution in [-0.4, -0.2) is 27.7 Å². The summed E-state index contributed by atoms with van der Waals surface area (Å²) in [5.74, 6) is 7.34. The van der Waals surface area contributed by atoms with Crippen LogP contribution in [0.1, 0.15) is 109 Å². The van der Waals surface area contributed by atoms with Gasteiger partial charge < -0.3 is 10.2 Å². The van der Waals surface area contributed by atoms with E-state index >= 15 is 0 Å². The summed E-state index contributed by atoms with van der Waals surface area (Å²) >= 11 is 0. The Morgan fingerprint density at radius 2 is 1.84 bits per heavy atom. The number of carbonyl (C=O) groups is 1. The van der Waals surface area contributed by atoms with Crippen LogP contribution < -0.4 is 0 Å². The summed E-state index contributed by atoms with van der Waals surface area (Å²) in [5.41, 5.74) is 4.88. The second-order valence-corrected chi connectivity index (χ2v) is 13.3. The van der Waals surface area contributed by atoms with Crippen LogP contribution >= 0.6 is 0 Å². The van der Waals surface area contributed by atoms with Gasteiger partial charge in [-0.1, -0.05) is 76.8 Å². The molecule has 2 N–H and O–H groups in total. The normalized spacial score (nSPS) is 35.2. The molecule has 0 aliphatic heterocycles. The minimum atomic E-state index is -1.40. The first-order valence-electron chi connectivity index (χ1n) is 14.5. The molecule has 5 rings (SSSR count). The standard InChI is InChI=1S/C34H44O3/c1-6-7-8-9-18-34(37)30(36)20-29-27-16-12-23-19-25(35)15-17-26(23)31(27)28(21-33(29,34)5)22-10-13-24(14-11-22)32(2,3)4/h10-11,13-14,19,27-30,36-37H,6-8,12,15-17,20-21H2,1-5H3/t27-,28+,29-,30+,33-,34+/m0/s1. The number of rotatable bonds is 3. The molecule has 0 heterocycles. The maximum Gasteiger partial charge on any atom is 0.156 e. The van der Waals surface area contributed by atoms with E-state index in [1.54, 1.807) is 0 Å². The molecule has 37 heavy (non-hydrogen) atoms. The Kier molecular flexibility index (Phi) is 6.83. The van der Waals surface area contributed by atoms with Gasteiger partial charge in [0.2, 0.25) is 0 Å². The minimum absolute atomic E-state index is 0.0843. The molecular formula is C34H44O3. The van der Waals surface area contributed by atoms with Gasteiger partial charge >= 0.3 is 0 Å². The quantitative estimate of drug-likeness (QED) is 0.355. The van der Waals surface area contributed by atoms with Crippen molar-refractivity contribution < 1.29 is 15.0 Å². The molecule has 0 unspecified atom stereocenters. The van der Waals surface area contributed by atoms with Crippen molar-refractivity contribution in [2.75, 3.05) is 0 Å². The Balaban J connectivity index is 1.63. The Morgan fingerprint density at radius 1 is 1.11 bits per heavy atom. The highest BCUT2D eigenvalue weighted by Crippen LogP contribution is 2.66. The van der Waals surface area contributed by atoms with Gasteiger partial charge in [0.25, 0.3) is 0 Å². The van der Waals surface area contributed by atoms with Crippen LogP contribution in [0, 0.1) is 29.1 Å². The van der Waals surface area contributed by atoms with E-state index in [-0.39, 0.29) is 23.0 Å². The highest BCUT2D eigenvalue weighted by molar-refractivity contribution is 5.93. The Hall–Kier alpha value is -2.15. The Morgan fingerprint density at radius 3 is 2.51 bits per heavy atom. The average Bonchev–Trinajstić information content (AvgIpc) is 3.06. The molecule has 6 atom stereocenters. The second kappa shape index (κ2) is 9.55. The minimum Gasteiger partial charge on any atom is -0.389 e. The van der Waals surface area contributed by atoms with Gasteiger partial charge in [0.15, 0.2) is 11.4 Å². The van der Waals surface area contributed by atoms with Crippen molar-refractivity contribution in [3.8, 4) is 11.8 Å². The number of benzene rings is 1. The number of aliphatic hydroxyl groups excluding tert-OH is 1. The lowest BCUT2D eigenvalue weighted by atomic mass is 9.51. The molecule has 1 aromatic rings. The lowest BCUT2D eigenvalue weighted by Crippen LogP contribution is -2.54. The molecule has 4 aliphatic rings. The molecule has 0 spiro atoms. The summed E-state index contributed by atoms with van der Waals surface area (Å²) in [7, 11) is 0. The Bertz CT molecular complexity index is 1180. The molecule has 4 aliphatic carbocycles. The summed E-state index contributed by atoms with van der Waals surface area (Å²) in [6.45, 7) is 11.1. The molecule has 0 saturated heterocycles. The molecule has 0 radical (unpaired) electrons. The van der Waals surface area contributed by atoms with Gasteiger partial charge in [-0.3, -0.25) is 4.79 Å². The maximum absolute atomic E-state index is 12.3. The predicted octanol–water partition coefficient (Wildman–Crippen LogP) is 6.78. The lowest BCUT2D eigenvalue weighted by Gasteiger charge is -2.53. The van der Waals surface area contributed by atoms with Crippen molar-refractivity contribution in [1.82, 2.24) is 0 Å². The third-order valence-electron chi connectivity index (χ3n) is 10.1. The number of unbranched alkanes of at least 4 members (excludes halogenated alkanes) is 2. The summed E-state index contributed by atoms with van der Waals surface area (Å²) in [5, 5.41) is 23.4. The van der Waals surface area contributed by atoms with Crippen LogP contribution in [0.15, 0.2) is 47.1 Å². The highest BCUT2D eigenvalue weighted by atomic mass is 16.3. The van der Waals surface area contributed by atoms with Gasteiger partial charge in [-0.15, -0.1) is 5.92 Å². The monoisotopic (exact) mass is 500 g/mol. The number of hydrogen-bond donors (Lipinski definition) is 2. The zero-order chi connectivity index (χ0) is 26.6. The fourth-order valence-electron chi connectivity index (χ4n) is 7.88. The first kappa shape index (κ1) is 26.5. The Labute approximate surface area is 223 Å².